The molecular weight excluding hydrogens is 499 g/mol. The number of hydrogen-bond donors (Lipinski definition) is 1. The number of imide groups is 1. The van der Waals surface area contributed by atoms with Crippen molar-refractivity contribution in [2.24, 2.45) is 0 Å². The lowest BCUT2D eigenvalue weighted by molar-refractivity contribution is -0.127. The second-order valence-electron chi connectivity index (χ2n) is 6.64. The van der Waals surface area contributed by atoms with Gasteiger partial charge in [-0.3, -0.25) is 19.3 Å². The summed E-state index contributed by atoms with van der Waals surface area (Å²) in [5.41, 5.74) is 0.986. The van der Waals surface area contributed by atoms with Crippen LogP contribution in [0.4, 0.5) is 29.3 Å². The molecule has 0 bridgehead atoms. The van der Waals surface area contributed by atoms with Crippen LogP contribution in [0.5, 0.6) is 0 Å². The molecule has 0 spiro atoms. The fourth-order valence-electron chi connectivity index (χ4n) is 2.72. The number of anilines is 2. The molecule has 1 aliphatic heterocycles. The molecule has 0 aliphatic carbocycles. The van der Waals surface area contributed by atoms with Gasteiger partial charge in [0.2, 0.25) is 5.91 Å². The Kier molecular flexibility index (Phi) is 6.75. The van der Waals surface area contributed by atoms with Gasteiger partial charge in [0.05, 0.1) is 16.3 Å². The summed E-state index contributed by atoms with van der Waals surface area (Å²) in [7, 11) is 3.75. The largest absolute Gasteiger partial charge is 0.377 e. The van der Waals surface area contributed by atoms with Crippen molar-refractivity contribution in [1.82, 2.24) is 4.90 Å². The predicted octanol–water partition coefficient (Wildman–Crippen LogP) is 4.61. The van der Waals surface area contributed by atoms with Crippen molar-refractivity contribution in [2.45, 2.75) is 0 Å². The topological polar surface area (TPSA) is 69.7 Å². The highest BCUT2D eigenvalue weighted by atomic mass is 79.9. The average molecular weight is 514 g/mol. The van der Waals surface area contributed by atoms with Crippen molar-refractivity contribution in [3.63, 3.8) is 0 Å². The summed E-state index contributed by atoms with van der Waals surface area (Å²) in [6, 6.07) is 6.88. The van der Waals surface area contributed by atoms with Gasteiger partial charge < -0.3 is 10.2 Å². The number of halogens is 4. The molecule has 0 radical (unpaired) electrons. The van der Waals surface area contributed by atoms with Crippen LogP contribution >= 0.6 is 27.7 Å². The zero-order chi connectivity index (χ0) is 22.9. The number of thioether (sulfide) groups is 1. The number of nitrogens with zero attached hydrogens (tertiary/aromatic N) is 2. The van der Waals surface area contributed by atoms with E-state index in [4.69, 9.17) is 0 Å². The maximum Gasteiger partial charge on any atom is 0.294 e. The quantitative estimate of drug-likeness (QED) is 0.467. The molecule has 0 aromatic heterocycles. The van der Waals surface area contributed by atoms with Gasteiger partial charge in [-0.05, 0) is 63.6 Å². The van der Waals surface area contributed by atoms with E-state index < -0.39 is 46.7 Å². The summed E-state index contributed by atoms with van der Waals surface area (Å²) in [6.07, 6.45) is 1.52. The number of amides is 3. The monoisotopic (exact) mass is 513 g/mol. The first-order valence-electron chi connectivity index (χ1n) is 8.74. The Morgan fingerprint density at radius 1 is 1.16 bits per heavy atom. The molecular formula is C20H15BrF3N3O3S. The summed E-state index contributed by atoms with van der Waals surface area (Å²) in [5, 5.41) is 1.35. The Morgan fingerprint density at radius 2 is 1.87 bits per heavy atom. The van der Waals surface area contributed by atoms with E-state index >= 15 is 0 Å². The van der Waals surface area contributed by atoms with E-state index in [1.807, 2.05) is 30.4 Å². The minimum absolute atomic E-state index is 0.112. The molecule has 1 aliphatic rings. The minimum atomic E-state index is -1.74. The lowest BCUT2D eigenvalue weighted by atomic mass is 10.2. The first kappa shape index (κ1) is 22.9. The molecule has 31 heavy (non-hydrogen) atoms. The molecule has 1 N–H and O–H groups in total. The van der Waals surface area contributed by atoms with Crippen LogP contribution in [-0.2, 0) is 9.59 Å². The standard InChI is InChI=1S/C20H15BrF3N3O3S/c1-26(2)14-6-3-10(7-11(14)21)8-15-19(29)27(20(30)31-15)9-16(28)25-13-5-4-12(22)17(23)18(13)24/h3-8H,9H2,1-2H3,(H,25,28)/b15-8-. The molecule has 3 amide bonds. The van der Waals surface area contributed by atoms with Gasteiger partial charge in [-0.2, -0.15) is 0 Å². The molecule has 162 valence electrons. The zero-order valence-electron chi connectivity index (χ0n) is 16.2. The second-order valence-corrected chi connectivity index (χ2v) is 8.49. The summed E-state index contributed by atoms with van der Waals surface area (Å²) in [4.78, 5) is 39.6. The van der Waals surface area contributed by atoms with Crippen LogP contribution < -0.4 is 10.2 Å². The molecule has 1 saturated heterocycles. The van der Waals surface area contributed by atoms with Crippen molar-refractivity contribution in [2.75, 3.05) is 30.9 Å². The Bertz CT molecular complexity index is 1120. The predicted molar refractivity (Wildman–Crippen MR) is 116 cm³/mol. The van der Waals surface area contributed by atoms with Crippen LogP contribution in [0.3, 0.4) is 0 Å². The number of rotatable bonds is 5. The molecule has 11 heteroatoms. The summed E-state index contributed by atoms with van der Waals surface area (Å²) >= 11 is 4.10. The molecule has 6 nitrogen and oxygen atoms in total. The Labute approximate surface area is 188 Å². The van der Waals surface area contributed by atoms with E-state index in [1.54, 1.807) is 12.1 Å². The van der Waals surface area contributed by atoms with E-state index in [0.29, 0.717) is 28.3 Å². The molecule has 2 aromatic carbocycles. The van der Waals surface area contributed by atoms with Crippen molar-refractivity contribution >= 4 is 62.2 Å². The van der Waals surface area contributed by atoms with Crippen LogP contribution in [0.15, 0.2) is 39.7 Å². The Hall–Kier alpha value is -2.79. The number of hydrogen-bond acceptors (Lipinski definition) is 5. The first-order valence-corrected chi connectivity index (χ1v) is 10.3. The number of carbonyl (C=O) groups is 3. The van der Waals surface area contributed by atoms with Crippen LogP contribution in [0.25, 0.3) is 6.08 Å². The fraction of sp³-hybridized carbons (Fsp3) is 0.150. The zero-order valence-corrected chi connectivity index (χ0v) is 18.6. The van der Waals surface area contributed by atoms with Crippen molar-refractivity contribution < 1.29 is 27.6 Å². The van der Waals surface area contributed by atoms with E-state index in [0.717, 1.165) is 16.2 Å². The third-order valence-electron chi connectivity index (χ3n) is 4.24. The Morgan fingerprint density at radius 3 is 2.52 bits per heavy atom. The number of carbonyl (C=O) groups excluding carboxylic acids is 3. The lowest BCUT2D eigenvalue weighted by Crippen LogP contribution is -2.36. The van der Waals surface area contributed by atoms with Gasteiger partial charge in [-0.25, -0.2) is 13.2 Å². The van der Waals surface area contributed by atoms with Crippen LogP contribution in [0.2, 0.25) is 0 Å². The SMILES string of the molecule is CN(C)c1ccc(/C=C2\SC(=O)N(CC(=O)Nc3ccc(F)c(F)c3F)C2=O)cc1Br. The fourth-order valence-corrected chi connectivity index (χ4v) is 4.31. The molecule has 0 saturated carbocycles. The molecule has 0 unspecified atom stereocenters. The van der Waals surface area contributed by atoms with Gasteiger partial charge in [0.15, 0.2) is 17.5 Å². The maximum atomic E-state index is 13.7. The summed E-state index contributed by atoms with van der Waals surface area (Å²) < 4.78 is 40.8. The van der Waals surface area contributed by atoms with Crippen LogP contribution in [0.1, 0.15) is 5.56 Å². The second kappa shape index (κ2) is 9.15. The van der Waals surface area contributed by atoms with E-state index in [2.05, 4.69) is 15.9 Å². The highest BCUT2D eigenvalue weighted by Gasteiger charge is 2.36. The van der Waals surface area contributed by atoms with Gasteiger partial charge in [-0.15, -0.1) is 0 Å². The van der Waals surface area contributed by atoms with Crippen molar-refractivity contribution in [1.29, 1.82) is 0 Å². The van der Waals surface area contributed by atoms with Crippen LogP contribution in [-0.4, -0.2) is 42.6 Å². The van der Waals surface area contributed by atoms with Gasteiger partial charge in [-0.1, -0.05) is 6.07 Å². The smallest absolute Gasteiger partial charge is 0.294 e. The van der Waals surface area contributed by atoms with E-state index in [1.165, 1.54) is 6.08 Å². The third kappa shape index (κ3) is 4.93. The molecule has 2 aromatic rings. The van der Waals surface area contributed by atoms with Crippen molar-refractivity contribution in [3.05, 3.63) is 62.7 Å². The summed E-state index contributed by atoms with van der Waals surface area (Å²) in [5.74, 6) is -6.35. The molecule has 3 rings (SSSR count). The van der Waals surface area contributed by atoms with Crippen molar-refractivity contribution in [3.8, 4) is 0 Å². The average Bonchev–Trinajstić information content (AvgIpc) is 2.95. The minimum Gasteiger partial charge on any atom is -0.377 e. The van der Waals surface area contributed by atoms with E-state index in [9.17, 15) is 27.6 Å². The highest BCUT2D eigenvalue weighted by Crippen LogP contribution is 2.34. The van der Waals surface area contributed by atoms with Gasteiger partial charge >= 0.3 is 0 Å². The number of benzene rings is 2. The van der Waals surface area contributed by atoms with Crippen LogP contribution in [0, 0.1) is 17.5 Å². The first-order chi connectivity index (χ1) is 14.6. The van der Waals surface area contributed by atoms with Gasteiger partial charge in [0.25, 0.3) is 11.1 Å². The summed E-state index contributed by atoms with van der Waals surface area (Å²) in [6.45, 7) is -0.705. The maximum absolute atomic E-state index is 13.7. The van der Waals surface area contributed by atoms with Gasteiger partial charge in [0.1, 0.15) is 6.54 Å². The molecule has 1 fully saturated rings. The Balaban J connectivity index is 1.73. The van der Waals surface area contributed by atoms with E-state index in [-0.39, 0.29) is 4.91 Å². The third-order valence-corrected chi connectivity index (χ3v) is 5.78. The normalized spacial score (nSPS) is 15.0. The number of nitrogens with one attached hydrogen (secondary N) is 1. The molecule has 0 atom stereocenters. The lowest BCUT2D eigenvalue weighted by Gasteiger charge is -2.14. The molecule has 1 heterocycles. The van der Waals surface area contributed by atoms with Gasteiger partial charge in [0, 0.05) is 18.6 Å². The highest BCUT2D eigenvalue weighted by molar-refractivity contribution is 9.10.